The minimum atomic E-state index is -0.664. The van der Waals surface area contributed by atoms with Crippen LogP contribution in [-0.2, 0) is 14.3 Å². The molecule has 1 heterocycles. The molecule has 1 atom stereocenters. The predicted molar refractivity (Wildman–Crippen MR) is 56.7 cm³/mol. The van der Waals surface area contributed by atoms with E-state index in [1.54, 1.807) is 38.3 Å². The van der Waals surface area contributed by atoms with E-state index in [1.807, 2.05) is 0 Å². The average molecular weight is 220 g/mol. The minimum absolute atomic E-state index is 0.385. The molecular weight excluding hydrogens is 208 g/mol. The Hall–Kier alpha value is -1.97. The van der Waals surface area contributed by atoms with Gasteiger partial charge in [0.25, 0.3) is 6.29 Å². The van der Waals surface area contributed by atoms with Gasteiger partial charge in [0.15, 0.2) is 0 Å². The number of rotatable bonds is 2. The monoisotopic (exact) mass is 220 g/mol. The maximum absolute atomic E-state index is 11.2. The Morgan fingerprint density at radius 1 is 1.19 bits per heavy atom. The summed E-state index contributed by atoms with van der Waals surface area (Å²) < 4.78 is 15.5. The Bertz CT molecular complexity index is 419. The van der Waals surface area contributed by atoms with Crippen LogP contribution in [-0.4, -0.2) is 13.1 Å². The van der Waals surface area contributed by atoms with Gasteiger partial charge in [-0.2, -0.15) is 0 Å². The van der Waals surface area contributed by atoms with E-state index >= 15 is 0 Å². The molecule has 0 aliphatic carbocycles. The summed E-state index contributed by atoms with van der Waals surface area (Å²) in [6.45, 7) is 1.72. The molecule has 0 saturated carbocycles. The number of ether oxygens (including phenoxy) is 3. The summed E-state index contributed by atoms with van der Waals surface area (Å²) in [6.07, 6.45) is 0.656. The third-order valence-electron chi connectivity index (χ3n) is 2.23. The number of carbonyl (C=O) groups excluding carboxylic acids is 1. The Labute approximate surface area is 93.4 Å². The van der Waals surface area contributed by atoms with Crippen molar-refractivity contribution < 1.29 is 19.0 Å². The van der Waals surface area contributed by atoms with Crippen LogP contribution in [0.1, 0.15) is 18.8 Å². The van der Waals surface area contributed by atoms with Crippen LogP contribution in [0.3, 0.4) is 0 Å². The molecule has 0 bridgehead atoms. The Morgan fingerprint density at radius 3 is 2.44 bits per heavy atom. The number of cyclic esters (lactones) is 1. The number of hydrogen-bond acceptors (Lipinski definition) is 4. The maximum Gasteiger partial charge on any atom is 0.337 e. The van der Waals surface area contributed by atoms with E-state index in [0.717, 1.165) is 11.3 Å². The van der Waals surface area contributed by atoms with Crippen molar-refractivity contribution in [3.05, 3.63) is 41.7 Å². The van der Waals surface area contributed by atoms with Gasteiger partial charge in [0.05, 0.1) is 13.2 Å². The van der Waals surface area contributed by atoms with Gasteiger partial charge < -0.3 is 14.2 Å². The molecule has 1 unspecified atom stereocenters. The summed E-state index contributed by atoms with van der Waals surface area (Å²) in [4.78, 5) is 11.2. The zero-order valence-electron chi connectivity index (χ0n) is 9.10. The second-order valence-electron chi connectivity index (χ2n) is 3.41. The van der Waals surface area contributed by atoms with Crippen LogP contribution in [0, 0.1) is 0 Å². The second kappa shape index (κ2) is 4.26. The quantitative estimate of drug-likeness (QED) is 0.716. The first-order chi connectivity index (χ1) is 7.69. The molecule has 0 fully saturated rings. The molecule has 16 heavy (non-hydrogen) atoms. The molecule has 0 aromatic heterocycles. The molecule has 1 aliphatic rings. The fourth-order valence-electron chi connectivity index (χ4n) is 1.43. The van der Waals surface area contributed by atoms with E-state index in [9.17, 15) is 4.79 Å². The molecule has 4 nitrogen and oxygen atoms in total. The molecule has 2 rings (SSSR count). The fraction of sp³-hybridized carbons (Fsp3) is 0.250. The van der Waals surface area contributed by atoms with Gasteiger partial charge in [-0.3, -0.25) is 0 Å². The lowest BCUT2D eigenvalue weighted by molar-refractivity contribution is -0.173. The van der Waals surface area contributed by atoms with E-state index in [2.05, 4.69) is 0 Å². The van der Waals surface area contributed by atoms with Crippen molar-refractivity contribution in [2.75, 3.05) is 7.11 Å². The normalized spacial score (nSPS) is 19.5. The first kappa shape index (κ1) is 10.5. The van der Waals surface area contributed by atoms with E-state index in [1.165, 1.54) is 6.08 Å². The summed E-state index contributed by atoms with van der Waals surface area (Å²) in [5.41, 5.74) is 0.779. The summed E-state index contributed by atoms with van der Waals surface area (Å²) in [7, 11) is 1.60. The zero-order chi connectivity index (χ0) is 11.5. The van der Waals surface area contributed by atoms with Gasteiger partial charge in [-0.25, -0.2) is 4.79 Å². The summed E-state index contributed by atoms with van der Waals surface area (Å²) >= 11 is 0. The Kier molecular flexibility index (Phi) is 2.81. The molecule has 0 saturated heterocycles. The predicted octanol–water partition coefficient (Wildman–Crippen LogP) is 2.17. The van der Waals surface area contributed by atoms with Crippen LogP contribution in [0.2, 0.25) is 0 Å². The highest BCUT2D eigenvalue weighted by molar-refractivity contribution is 5.83. The minimum Gasteiger partial charge on any atom is -0.497 e. The first-order valence-electron chi connectivity index (χ1n) is 4.88. The first-order valence-corrected chi connectivity index (χ1v) is 4.88. The van der Waals surface area contributed by atoms with Crippen molar-refractivity contribution in [2.45, 2.75) is 13.2 Å². The molecule has 1 aliphatic heterocycles. The third kappa shape index (κ3) is 2.16. The van der Waals surface area contributed by atoms with Gasteiger partial charge >= 0.3 is 5.97 Å². The number of allylic oxidation sites excluding steroid dienone is 1. The molecule has 4 heteroatoms. The fourth-order valence-corrected chi connectivity index (χ4v) is 1.43. The van der Waals surface area contributed by atoms with Gasteiger partial charge in [-0.05, 0) is 31.2 Å². The lowest BCUT2D eigenvalue weighted by Gasteiger charge is -2.23. The van der Waals surface area contributed by atoms with Crippen LogP contribution in [0.25, 0.3) is 0 Å². The number of benzene rings is 1. The summed E-state index contributed by atoms with van der Waals surface area (Å²) in [5.74, 6) is 0.916. The largest absolute Gasteiger partial charge is 0.497 e. The average Bonchev–Trinajstić information content (AvgIpc) is 2.28. The zero-order valence-corrected chi connectivity index (χ0v) is 9.10. The Morgan fingerprint density at radius 2 is 1.88 bits per heavy atom. The van der Waals surface area contributed by atoms with Crippen molar-refractivity contribution in [1.29, 1.82) is 0 Å². The number of carbonyl (C=O) groups is 1. The molecule has 0 spiro atoms. The number of esters is 1. The third-order valence-corrected chi connectivity index (χ3v) is 2.23. The van der Waals surface area contributed by atoms with E-state index in [0.29, 0.717) is 5.76 Å². The van der Waals surface area contributed by atoms with Crippen molar-refractivity contribution in [1.82, 2.24) is 0 Å². The number of hydrogen-bond donors (Lipinski definition) is 0. The molecule has 84 valence electrons. The molecule has 0 amide bonds. The van der Waals surface area contributed by atoms with E-state index < -0.39 is 6.29 Å². The van der Waals surface area contributed by atoms with Gasteiger partial charge in [0.1, 0.15) is 11.5 Å². The van der Waals surface area contributed by atoms with Crippen molar-refractivity contribution in [3.8, 4) is 5.75 Å². The number of methoxy groups -OCH3 is 1. The molecule has 1 aromatic carbocycles. The Balaban J connectivity index is 2.18. The lowest BCUT2D eigenvalue weighted by atomic mass is 10.2. The lowest BCUT2D eigenvalue weighted by Crippen LogP contribution is -2.17. The van der Waals surface area contributed by atoms with E-state index in [-0.39, 0.29) is 5.97 Å². The highest BCUT2D eigenvalue weighted by atomic mass is 16.7. The van der Waals surface area contributed by atoms with Crippen molar-refractivity contribution >= 4 is 5.97 Å². The maximum atomic E-state index is 11.2. The second-order valence-corrected chi connectivity index (χ2v) is 3.41. The van der Waals surface area contributed by atoms with Crippen molar-refractivity contribution in [3.63, 3.8) is 0 Å². The van der Waals surface area contributed by atoms with Crippen LogP contribution in [0.15, 0.2) is 36.1 Å². The smallest absolute Gasteiger partial charge is 0.337 e. The summed E-state index contributed by atoms with van der Waals surface area (Å²) in [5, 5.41) is 0. The molecule has 1 aromatic rings. The topological polar surface area (TPSA) is 44.8 Å². The van der Waals surface area contributed by atoms with Crippen molar-refractivity contribution in [2.24, 2.45) is 0 Å². The van der Waals surface area contributed by atoms with Gasteiger partial charge in [0.2, 0.25) is 0 Å². The van der Waals surface area contributed by atoms with Crippen LogP contribution >= 0.6 is 0 Å². The molecular formula is C12H12O4. The van der Waals surface area contributed by atoms with Crippen LogP contribution in [0.5, 0.6) is 5.75 Å². The summed E-state index contributed by atoms with van der Waals surface area (Å²) in [6, 6.07) is 7.19. The standard InChI is InChI=1S/C12H12O4/c1-8-7-11(13)16-12(15-8)9-3-5-10(14-2)6-4-9/h3-7,12H,1-2H3. The highest BCUT2D eigenvalue weighted by Crippen LogP contribution is 2.27. The van der Waals surface area contributed by atoms with Gasteiger partial charge in [-0.1, -0.05) is 0 Å². The van der Waals surface area contributed by atoms with Crippen LogP contribution in [0.4, 0.5) is 0 Å². The highest BCUT2D eigenvalue weighted by Gasteiger charge is 2.22. The SMILES string of the molecule is COc1ccc(C2OC(=O)C=C(C)O2)cc1. The van der Waals surface area contributed by atoms with Crippen LogP contribution < -0.4 is 4.74 Å². The molecule has 0 N–H and O–H groups in total. The van der Waals surface area contributed by atoms with E-state index in [4.69, 9.17) is 14.2 Å². The van der Waals surface area contributed by atoms with Gasteiger partial charge in [-0.15, -0.1) is 0 Å². The molecule has 0 radical (unpaired) electrons. The van der Waals surface area contributed by atoms with Gasteiger partial charge in [0, 0.05) is 5.56 Å².